The molecule has 0 aromatic heterocycles. The lowest BCUT2D eigenvalue weighted by atomic mass is 10.0. The van der Waals surface area contributed by atoms with Gasteiger partial charge in [-0.25, -0.2) is 17.9 Å². The molecule has 0 amide bonds. The van der Waals surface area contributed by atoms with Crippen molar-refractivity contribution < 1.29 is 18.3 Å². The summed E-state index contributed by atoms with van der Waals surface area (Å²) in [5.74, 6) is -0.946. The Bertz CT molecular complexity index is 608. The number of nitrogens with one attached hydrogen (secondary N) is 1. The SMILES string of the molecule is CCc1ccc(S(=O)(=O)NC(CC)C(C)C)cc1C(=O)O. The van der Waals surface area contributed by atoms with Gasteiger partial charge in [0.1, 0.15) is 0 Å². The van der Waals surface area contributed by atoms with Crippen molar-refractivity contribution in [3.63, 3.8) is 0 Å². The zero-order valence-electron chi connectivity index (χ0n) is 12.9. The van der Waals surface area contributed by atoms with Crippen LogP contribution in [0.2, 0.25) is 0 Å². The molecule has 1 unspecified atom stereocenters. The van der Waals surface area contributed by atoms with Gasteiger partial charge >= 0.3 is 5.97 Å². The molecule has 0 heterocycles. The van der Waals surface area contributed by atoms with E-state index >= 15 is 0 Å². The fourth-order valence-electron chi connectivity index (χ4n) is 2.19. The highest BCUT2D eigenvalue weighted by Crippen LogP contribution is 2.18. The molecule has 0 saturated heterocycles. The minimum atomic E-state index is -3.71. The predicted octanol–water partition coefficient (Wildman–Crippen LogP) is 2.66. The number of hydrogen-bond acceptors (Lipinski definition) is 3. The fourth-order valence-corrected chi connectivity index (χ4v) is 3.68. The van der Waals surface area contributed by atoms with Crippen molar-refractivity contribution in [2.24, 2.45) is 5.92 Å². The third-order valence-corrected chi connectivity index (χ3v) is 5.04. The van der Waals surface area contributed by atoms with Crippen molar-refractivity contribution in [2.45, 2.75) is 51.5 Å². The van der Waals surface area contributed by atoms with Gasteiger partial charge in [-0.15, -0.1) is 0 Å². The minimum Gasteiger partial charge on any atom is -0.478 e. The number of carbonyl (C=O) groups is 1. The lowest BCUT2D eigenvalue weighted by Crippen LogP contribution is -2.38. The summed E-state index contributed by atoms with van der Waals surface area (Å²) >= 11 is 0. The summed E-state index contributed by atoms with van der Waals surface area (Å²) in [6.45, 7) is 7.63. The molecule has 0 aliphatic heterocycles. The Morgan fingerprint density at radius 2 is 1.90 bits per heavy atom. The van der Waals surface area contributed by atoms with Crippen molar-refractivity contribution in [2.75, 3.05) is 0 Å². The molecule has 1 aromatic carbocycles. The fraction of sp³-hybridized carbons (Fsp3) is 0.533. The highest BCUT2D eigenvalue weighted by atomic mass is 32.2. The van der Waals surface area contributed by atoms with Gasteiger partial charge in [-0.1, -0.05) is 33.8 Å². The van der Waals surface area contributed by atoms with Crippen LogP contribution in [0.4, 0.5) is 0 Å². The second kappa shape index (κ2) is 7.04. The van der Waals surface area contributed by atoms with Gasteiger partial charge in [0.25, 0.3) is 0 Å². The van der Waals surface area contributed by atoms with Gasteiger partial charge < -0.3 is 5.11 Å². The van der Waals surface area contributed by atoms with E-state index in [1.54, 1.807) is 6.07 Å². The van der Waals surface area contributed by atoms with Crippen LogP contribution in [0, 0.1) is 5.92 Å². The maximum absolute atomic E-state index is 12.4. The Labute approximate surface area is 126 Å². The van der Waals surface area contributed by atoms with Crippen LogP contribution in [0.1, 0.15) is 50.0 Å². The van der Waals surface area contributed by atoms with Gasteiger partial charge in [0.2, 0.25) is 10.0 Å². The smallest absolute Gasteiger partial charge is 0.336 e. The summed E-state index contributed by atoms with van der Waals surface area (Å²) in [5, 5.41) is 9.19. The van der Waals surface area contributed by atoms with Crippen LogP contribution in [0.15, 0.2) is 23.1 Å². The number of aryl methyl sites for hydroxylation is 1. The third kappa shape index (κ3) is 4.28. The van der Waals surface area contributed by atoms with E-state index in [0.717, 1.165) is 0 Å². The lowest BCUT2D eigenvalue weighted by Gasteiger charge is -2.21. The van der Waals surface area contributed by atoms with Crippen LogP contribution in [-0.4, -0.2) is 25.5 Å². The van der Waals surface area contributed by atoms with Crippen molar-refractivity contribution >= 4 is 16.0 Å². The molecule has 0 spiro atoms. The van der Waals surface area contributed by atoms with Crippen LogP contribution >= 0.6 is 0 Å². The summed E-state index contributed by atoms with van der Waals surface area (Å²) in [7, 11) is -3.71. The Kier molecular flexibility index (Phi) is 5.92. The first-order chi connectivity index (χ1) is 9.72. The van der Waals surface area contributed by atoms with Gasteiger partial charge in [0.15, 0.2) is 0 Å². The van der Waals surface area contributed by atoms with Crippen LogP contribution in [0.5, 0.6) is 0 Å². The molecule has 0 aliphatic carbocycles. The summed E-state index contributed by atoms with van der Waals surface area (Å²) < 4.78 is 27.4. The van der Waals surface area contributed by atoms with Gasteiger partial charge in [0, 0.05) is 6.04 Å². The number of aromatic carboxylic acids is 1. The number of carboxylic acids is 1. The second-order valence-corrected chi connectivity index (χ2v) is 7.07. The molecule has 1 aromatic rings. The van der Waals surface area contributed by atoms with Gasteiger partial charge in [-0.3, -0.25) is 0 Å². The molecule has 0 fully saturated rings. The average molecular weight is 313 g/mol. The van der Waals surface area contributed by atoms with E-state index in [1.807, 2.05) is 27.7 Å². The highest BCUT2D eigenvalue weighted by molar-refractivity contribution is 7.89. The van der Waals surface area contributed by atoms with E-state index in [4.69, 9.17) is 0 Å². The molecular formula is C15H23NO4S. The number of carboxylic acid groups (broad SMARTS) is 1. The predicted molar refractivity (Wildman–Crippen MR) is 82.0 cm³/mol. The Morgan fingerprint density at radius 1 is 1.29 bits per heavy atom. The first-order valence-electron chi connectivity index (χ1n) is 7.11. The van der Waals surface area contributed by atoms with Crippen LogP contribution in [0.3, 0.4) is 0 Å². The first-order valence-corrected chi connectivity index (χ1v) is 8.59. The molecule has 1 atom stereocenters. The molecule has 0 radical (unpaired) electrons. The van der Waals surface area contributed by atoms with E-state index in [1.165, 1.54) is 12.1 Å². The normalized spacial score (nSPS) is 13.4. The topological polar surface area (TPSA) is 83.5 Å². The van der Waals surface area contributed by atoms with Crippen LogP contribution < -0.4 is 4.72 Å². The molecule has 2 N–H and O–H groups in total. The number of benzene rings is 1. The van der Waals surface area contributed by atoms with Crippen molar-refractivity contribution in [1.29, 1.82) is 0 Å². The number of rotatable bonds is 7. The average Bonchev–Trinajstić information content (AvgIpc) is 2.43. The molecule has 5 nitrogen and oxygen atoms in total. The van der Waals surface area contributed by atoms with Crippen molar-refractivity contribution in [1.82, 2.24) is 4.72 Å². The summed E-state index contributed by atoms with van der Waals surface area (Å²) in [6.07, 6.45) is 1.22. The molecule has 0 aliphatic rings. The number of hydrogen-bond donors (Lipinski definition) is 2. The Hall–Kier alpha value is -1.40. The highest BCUT2D eigenvalue weighted by Gasteiger charge is 2.23. The Balaban J connectivity index is 3.20. The maximum atomic E-state index is 12.4. The summed E-state index contributed by atoms with van der Waals surface area (Å²) in [5.41, 5.74) is 0.662. The second-order valence-electron chi connectivity index (χ2n) is 5.36. The molecule has 1 rings (SSSR count). The standard InChI is InChI=1S/C15H23NO4S/c1-5-11-7-8-12(9-13(11)15(17)18)21(19,20)16-14(6-2)10(3)4/h7-10,14,16H,5-6H2,1-4H3,(H,17,18). The number of sulfonamides is 1. The van der Waals surface area contributed by atoms with Crippen LogP contribution in [-0.2, 0) is 16.4 Å². The van der Waals surface area contributed by atoms with E-state index < -0.39 is 16.0 Å². The van der Waals surface area contributed by atoms with E-state index in [2.05, 4.69) is 4.72 Å². The summed E-state index contributed by atoms with van der Waals surface area (Å²) in [6, 6.07) is 4.08. The Morgan fingerprint density at radius 3 is 2.33 bits per heavy atom. The minimum absolute atomic E-state index is 0.00352. The zero-order valence-corrected chi connectivity index (χ0v) is 13.7. The van der Waals surface area contributed by atoms with E-state index in [0.29, 0.717) is 18.4 Å². The van der Waals surface area contributed by atoms with E-state index in [-0.39, 0.29) is 22.4 Å². The molecule has 0 saturated carbocycles. The molecule has 0 bridgehead atoms. The largest absolute Gasteiger partial charge is 0.478 e. The quantitative estimate of drug-likeness (QED) is 0.810. The van der Waals surface area contributed by atoms with E-state index in [9.17, 15) is 18.3 Å². The van der Waals surface area contributed by atoms with Gasteiger partial charge in [-0.05, 0) is 36.5 Å². The molecular weight excluding hydrogens is 290 g/mol. The van der Waals surface area contributed by atoms with Crippen molar-refractivity contribution in [3.8, 4) is 0 Å². The van der Waals surface area contributed by atoms with Crippen LogP contribution in [0.25, 0.3) is 0 Å². The molecule has 6 heteroatoms. The zero-order chi connectivity index (χ0) is 16.2. The third-order valence-electron chi connectivity index (χ3n) is 3.55. The lowest BCUT2D eigenvalue weighted by molar-refractivity contribution is 0.0695. The molecule has 21 heavy (non-hydrogen) atoms. The summed E-state index contributed by atoms with van der Waals surface area (Å²) in [4.78, 5) is 11.2. The first kappa shape index (κ1) is 17.7. The molecule has 118 valence electrons. The van der Waals surface area contributed by atoms with Crippen molar-refractivity contribution in [3.05, 3.63) is 29.3 Å². The maximum Gasteiger partial charge on any atom is 0.336 e. The van der Waals surface area contributed by atoms with Gasteiger partial charge in [-0.2, -0.15) is 0 Å². The monoisotopic (exact) mass is 313 g/mol. The van der Waals surface area contributed by atoms with Gasteiger partial charge in [0.05, 0.1) is 10.5 Å².